The number of Topliss-reactive ketones (excluding diaryl/α,β-unsaturated/α-hetero) is 1. The number of carbonyl (C=O) groups excluding carboxylic acids is 5. The highest BCUT2D eigenvalue weighted by Gasteiger charge is 2.78. The topological polar surface area (TPSA) is 113 Å². The van der Waals surface area contributed by atoms with Gasteiger partial charge in [0.1, 0.15) is 6.10 Å². The van der Waals surface area contributed by atoms with E-state index in [9.17, 15) is 24.0 Å². The number of allylic oxidation sites excluding steroid dienone is 4. The molecule has 0 heterocycles. The molecule has 0 spiro atoms. The molecule has 0 bridgehead atoms. The summed E-state index contributed by atoms with van der Waals surface area (Å²) < 4.78 is 35.9. The molecule has 8 atom stereocenters. The number of fused-ring (bicyclic) bond motifs is 5. The number of rotatable bonds is 11. The molecule has 3 fully saturated rings. The van der Waals surface area contributed by atoms with Gasteiger partial charge in [-0.15, -0.1) is 0 Å². The molecule has 4 aliphatic carbocycles. The summed E-state index contributed by atoms with van der Waals surface area (Å²) in [4.78, 5) is 65.1. The number of ketones is 2. The molecule has 0 aromatic rings. The molecular weight excluding hydrogens is 555 g/mol. The molecule has 0 unspecified atom stereocenters. The highest BCUT2D eigenvalue weighted by molar-refractivity contribution is 6.01. The van der Waals surface area contributed by atoms with E-state index in [2.05, 4.69) is 0 Å². The van der Waals surface area contributed by atoms with Crippen LogP contribution in [0.5, 0.6) is 0 Å². The van der Waals surface area contributed by atoms with Crippen LogP contribution in [0.3, 0.4) is 0 Å². The Kier molecular flexibility index (Phi) is 9.44. The van der Waals surface area contributed by atoms with Crippen molar-refractivity contribution in [3.05, 3.63) is 23.8 Å². The van der Waals surface area contributed by atoms with Gasteiger partial charge in [-0.3, -0.25) is 24.0 Å². The molecule has 0 aromatic heterocycles. The average Bonchev–Trinajstić information content (AvgIpc) is 3.15. The molecule has 0 radical (unpaired) electrons. The Morgan fingerprint density at radius 2 is 1.58 bits per heavy atom. The van der Waals surface area contributed by atoms with Gasteiger partial charge in [0.15, 0.2) is 23.7 Å². The van der Waals surface area contributed by atoms with E-state index in [0.717, 1.165) is 0 Å². The third-order valence-electron chi connectivity index (χ3n) is 10.8. The molecule has 9 heteroatoms. The van der Waals surface area contributed by atoms with Crippen LogP contribution in [0, 0.1) is 28.6 Å². The van der Waals surface area contributed by atoms with E-state index in [1.165, 1.54) is 12.2 Å². The molecule has 0 saturated heterocycles. The zero-order chi connectivity index (χ0) is 31.8. The molecule has 3 saturated carbocycles. The van der Waals surface area contributed by atoms with Crippen molar-refractivity contribution in [1.29, 1.82) is 0 Å². The second-order valence-electron chi connectivity index (χ2n) is 13.4. The maximum atomic E-state index is 18.3. The number of carbonyl (C=O) groups is 5. The smallest absolute Gasteiger partial charge is 0.306 e. The molecule has 43 heavy (non-hydrogen) atoms. The van der Waals surface area contributed by atoms with E-state index >= 15 is 4.39 Å². The van der Waals surface area contributed by atoms with Crippen LogP contribution in [0.2, 0.25) is 0 Å². The van der Waals surface area contributed by atoms with Crippen molar-refractivity contribution in [2.45, 2.75) is 123 Å². The lowest BCUT2D eigenvalue weighted by molar-refractivity contribution is -0.236. The maximum Gasteiger partial charge on any atom is 0.306 e. The van der Waals surface area contributed by atoms with Crippen LogP contribution in [0.15, 0.2) is 23.8 Å². The summed E-state index contributed by atoms with van der Waals surface area (Å²) in [6.45, 7) is 10.4. The summed E-state index contributed by atoms with van der Waals surface area (Å²) in [5, 5.41) is 0. The van der Waals surface area contributed by atoms with Gasteiger partial charge in [0, 0.05) is 41.9 Å². The van der Waals surface area contributed by atoms with Crippen LogP contribution in [-0.4, -0.2) is 53.5 Å². The molecule has 4 aliphatic rings. The van der Waals surface area contributed by atoms with Gasteiger partial charge in [-0.05, 0) is 69.9 Å². The molecule has 0 amide bonds. The van der Waals surface area contributed by atoms with Crippen LogP contribution in [0.4, 0.5) is 4.39 Å². The number of halogens is 1. The Labute approximate surface area is 254 Å². The van der Waals surface area contributed by atoms with Crippen LogP contribution in [0.1, 0.15) is 106 Å². The second kappa shape index (κ2) is 12.3. The van der Waals surface area contributed by atoms with E-state index in [1.807, 2.05) is 34.6 Å². The first-order chi connectivity index (χ1) is 20.2. The van der Waals surface area contributed by atoms with Crippen molar-refractivity contribution in [2.75, 3.05) is 6.61 Å². The Bertz CT molecular complexity index is 1220. The number of ether oxygens (including phenoxy) is 3. The number of hydrogen-bond acceptors (Lipinski definition) is 8. The third kappa shape index (κ3) is 5.18. The third-order valence-corrected chi connectivity index (χ3v) is 10.8. The summed E-state index contributed by atoms with van der Waals surface area (Å²) in [6, 6.07) is 0. The number of esters is 3. The lowest BCUT2D eigenvalue weighted by Gasteiger charge is -2.63. The van der Waals surface area contributed by atoms with Gasteiger partial charge in [-0.1, -0.05) is 46.3 Å². The molecule has 4 rings (SSSR count). The van der Waals surface area contributed by atoms with Crippen LogP contribution in [0.25, 0.3) is 0 Å². The van der Waals surface area contributed by atoms with Crippen molar-refractivity contribution in [3.8, 4) is 0 Å². The fourth-order valence-electron chi connectivity index (χ4n) is 8.88. The largest absolute Gasteiger partial charge is 0.459 e. The summed E-state index contributed by atoms with van der Waals surface area (Å²) in [5.41, 5.74) is -5.42. The Morgan fingerprint density at radius 3 is 2.23 bits per heavy atom. The summed E-state index contributed by atoms with van der Waals surface area (Å²) in [5.74, 6) is -3.92. The van der Waals surface area contributed by atoms with Gasteiger partial charge in [-0.2, -0.15) is 0 Å². The predicted molar refractivity (Wildman–Crippen MR) is 156 cm³/mol. The average molecular weight is 603 g/mol. The minimum Gasteiger partial charge on any atom is -0.459 e. The van der Waals surface area contributed by atoms with Gasteiger partial charge in [0.25, 0.3) is 0 Å². The van der Waals surface area contributed by atoms with Crippen LogP contribution in [-0.2, 0) is 38.2 Å². The van der Waals surface area contributed by atoms with Crippen LogP contribution >= 0.6 is 0 Å². The van der Waals surface area contributed by atoms with Gasteiger partial charge in [0.05, 0.1) is 0 Å². The normalized spacial score (nSPS) is 37.8. The highest BCUT2D eigenvalue weighted by atomic mass is 19.1. The highest BCUT2D eigenvalue weighted by Crippen LogP contribution is 2.72. The molecule has 0 aliphatic heterocycles. The Morgan fingerprint density at radius 1 is 0.953 bits per heavy atom. The first kappa shape index (κ1) is 33.1. The van der Waals surface area contributed by atoms with Crippen molar-refractivity contribution in [3.63, 3.8) is 0 Å². The van der Waals surface area contributed by atoms with Gasteiger partial charge >= 0.3 is 17.9 Å². The first-order valence-corrected chi connectivity index (χ1v) is 16.0. The summed E-state index contributed by atoms with van der Waals surface area (Å²) in [7, 11) is 0. The fraction of sp³-hybridized carbons (Fsp3) is 0.735. The Hall–Kier alpha value is -2.84. The zero-order valence-corrected chi connectivity index (χ0v) is 26.5. The van der Waals surface area contributed by atoms with E-state index < -0.39 is 76.3 Å². The number of alkyl halides is 1. The summed E-state index contributed by atoms with van der Waals surface area (Å²) in [6.07, 6.45) is 6.34. The molecule has 238 valence electrons. The maximum absolute atomic E-state index is 18.3. The van der Waals surface area contributed by atoms with E-state index in [0.29, 0.717) is 44.1 Å². The van der Waals surface area contributed by atoms with E-state index in [-0.39, 0.29) is 31.5 Å². The quantitative estimate of drug-likeness (QED) is 0.211. The van der Waals surface area contributed by atoms with Gasteiger partial charge in [0.2, 0.25) is 5.78 Å². The summed E-state index contributed by atoms with van der Waals surface area (Å²) >= 11 is 0. The SMILES string of the molecule is CCCC(=O)OCC(=O)[C@@]1(OC(=O)CCC)[C@H](C)C[C@@H]2[C@@H]3CCC4=CC(=O)C=C[C@]4(C)[C@@]3(F)[C@H](OC(=O)CCC)C[C@@]21C. The van der Waals surface area contributed by atoms with Gasteiger partial charge in [-0.25, -0.2) is 4.39 Å². The molecular formula is C34H47FO8. The Balaban J connectivity index is 1.86. The van der Waals surface area contributed by atoms with E-state index in [1.54, 1.807) is 13.0 Å². The zero-order valence-electron chi connectivity index (χ0n) is 26.5. The van der Waals surface area contributed by atoms with Crippen molar-refractivity contribution in [2.24, 2.45) is 28.6 Å². The first-order valence-electron chi connectivity index (χ1n) is 16.0. The standard InChI is InChI=1S/C34H47FO8/c1-7-10-28(38)41-20-26(37)34(43-30(40)12-9-3)21(4)17-25-24-14-13-22-18-23(36)15-16-31(22,5)33(24,35)27(19-32(25,34)6)42-29(39)11-8-2/h15-16,18,21,24-25,27H,7-14,17,19-20H2,1-6H3/t21-,24+,25-,27-,31+,32+,33+,34+/m1/s1. The predicted octanol–water partition coefficient (Wildman–Crippen LogP) is 5.95. The monoisotopic (exact) mass is 602 g/mol. The fourth-order valence-corrected chi connectivity index (χ4v) is 8.88. The minimum atomic E-state index is -2.07. The number of hydrogen-bond donors (Lipinski definition) is 0. The minimum absolute atomic E-state index is 0.0663. The van der Waals surface area contributed by atoms with Gasteiger partial charge < -0.3 is 14.2 Å². The van der Waals surface area contributed by atoms with E-state index in [4.69, 9.17) is 14.2 Å². The van der Waals surface area contributed by atoms with Crippen molar-refractivity contribution >= 4 is 29.5 Å². The lowest BCUT2D eigenvalue weighted by Crippen LogP contribution is -2.70. The molecule has 0 aromatic carbocycles. The second-order valence-corrected chi connectivity index (χ2v) is 13.4. The van der Waals surface area contributed by atoms with Crippen molar-refractivity contribution < 1.29 is 42.6 Å². The van der Waals surface area contributed by atoms with Crippen LogP contribution < -0.4 is 0 Å². The molecule has 8 nitrogen and oxygen atoms in total. The lowest BCUT2D eigenvalue weighted by atomic mass is 9.44. The van der Waals surface area contributed by atoms with Crippen molar-refractivity contribution in [1.82, 2.24) is 0 Å². The molecule has 0 N–H and O–H groups in total.